The van der Waals surface area contributed by atoms with Gasteiger partial charge in [-0.15, -0.1) is 12.4 Å². The molecule has 0 atom stereocenters. The Morgan fingerprint density at radius 2 is 2.00 bits per heavy atom. The summed E-state index contributed by atoms with van der Waals surface area (Å²) in [6.45, 7) is 5.40. The van der Waals surface area contributed by atoms with Crippen molar-refractivity contribution in [3.63, 3.8) is 0 Å². The number of hydrogen-bond donors (Lipinski definition) is 2. The quantitative estimate of drug-likeness (QED) is 0.781. The summed E-state index contributed by atoms with van der Waals surface area (Å²) in [4.78, 5) is 11.7. The van der Waals surface area contributed by atoms with Gasteiger partial charge in [0.05, 0.1) is 0 Å². The summed E-state index contributed by atoms with van der Waals surface area (Å²) < 4.78 is 0. The van der Waals surface area contributed by atoms with Crippen LogP contribution in [0.3, 0.4) is 0 Å². The van der Waals surface area contributed by atoms with Crippen molar-refractivity contribution in [2.45, 2.75) is 51.9 Å². The summed E-state index contributed by atoms with van der Waals surface area (Å²) in [5, 5.41) is 6.48. The topological polar surface area (TPSA) is 41.1 Å². The van der Waals surface area contributed by atoms with Crippen LogP contribution in [-0.4, -0.2) is 25.5 Å². The Morgan fingerprint density at radius 3 is 2.56 bits per heavy atom. The number of hydrogen-bond acceptors (Lipinski definition) is 2. The van der Waals surface area contributed by atoms with Crippen molar-refractivity contribution in [3.05, 3.63) is 0 Å². The Morgan fingerprint density at radius 1 is 1.33 bits per heavy atom. The fraction of sp³-hybridized carbons (Fsp3) is 0.929. The molecule has 2 aliphatic rings. The van der Waals surface area contributed by atoms with Crippen LogP contribution in [-0.2, 0) is 4.79 Å². The van der Waals surface area contributed by atoms with E-state index in [1.807, 2.05) is 0 Å². The summed E-state index contributed by atoms with van der Waals surface area (Å²) in [6, 6.07) is 0. The first-order chi connectivity index (χ1) is 8.24. The molecule has 0 aromatic heterocycles. The molecule has 4 heteroatoms. The van der Waals surface area contributed by atoms with Gasteiger partial charge in [0.25, 0.3) is 0 Å². The largest absolute Gasteiger partial charge is 0.356 e. The van der Waals surface area contributed by atoms with E-state index in [1.165, 1.54) is 32.1 Å². The first-order valence-corrected chi connectivity index (χ1v) is 7.21. The van der Waals surface area contributed by atoms with E-state index >= 15 is 0 Å². The van der Waals surface area contributed by atoms with Gasteiger partial charge in [-0.1, -0.05) is 6.92 Å². The zero-order chi connectivity index (χ0) is 12.1. The van der Waals surface area contributed by atoms with E-state index in [-0.39, 0.29) is 18.3 Å². The predicted molar refractivity (Wildman–Crippen MR) is 77.0 cm³/mol. The summed E-state index contributed by atoms with van der Waals surface area (Å²) >= 11 is 0. The molecular formula is C14H27ClN2O. The number of halogens is 1. The average Bonchev–Trinajstić information content (AvgIpc) is 3.16. The summed E-state index contributed by atoms with van der Waals surface area (Å²) in [5.41, 5.74) is 0.477. The highest BCUT2D eigenvalue weighted by atomic mass is 35.5. The molecule has 0 bridgehead atoms. The fourth-order valence-corrected chi connectivity index (χ4v) is 2.71. The van der Waals surface area contributed by atoms with Crippen LogP contribution in [0, 0.1) is 11.3 Å². The zero-order valence-corrected chi connectivity index (χ0v) is 12.3. The highest BCUT2D eigenvalue weighted by Gasteiger charge is 2.40. The van der Waals surface area contributed by atoms with E-state index in [0.717, 1.165) is 38.4 Å². The minimum absolute atomic E-state index is 0. The number of rotatable bonds is 6. The summed E-state index contributed by atoms with van der Waals surface area (Å²) in [7, 11) is 0. The third-order valence-corrected chi connectivity index (χ3v) is 4.61. The maximum absolute atomic E-state index is 11.7. The predicted octanol–water partition coefficient (Wildman–Crippen LogP) is 2.49. The van der Waals surface area contributed by atoms with Crippen molar-refractivity contribution in [1.82, 2.24) is 10.6 Å². The van der Waals surface area contributed by atoms with Crippen LogP contribution >= 0.6 is 12.4 Å². The van der Waals surface area contributed by atoms with E-state index in [1.54, 1.807) is 0 Å². The fourth-order valence-electron chi connectivity index (χ4n) is 2.71. The number of piperidine rings is 1. The molecule has 2 fully saturated rings. The molecule has 0 aromatic carbocycles. The highest BCUT2D eigenvalue weighted by Crippen LogP contribution is 2.47. The van der Waals surface area contributed by atoms with E-state index in [9.17, 15) is 4.79 Å². The molecule has 0 radical (unpaired) electrons. The summed E-state index contributed by atoms with van der Waals surface area (Å²) in [6.07, 6.45) is 8.10. The highest BCUT2D eigenvalue weighted by molar-refractivity contribution is 5.85. The lowest BCUT2D eigenvalue weighted by molar-refractivity contribution is -0.121. The second-order valence-electron chi connectivity index (χ2n) is 5.86. The van der Waals surface area contributed by atoms with Crippen molar-refractivity contribution >= 4 is 18.3 Å². The molecule has 3 nitrogen and oxygen atoms in total. The average molecular weight is 275 g/mol. The second kappa shape index (κ2) is 7.34. The lowest BCUT2D eigenvalue weighted by Crippen LogP contribution is -2.31. The lowest BCUT2D eigenvalue weighted by Gasteiger charge is -2.22. The monoisotopic (exact) mass is 274 g/mol. The van der Waals surface area contributed by atoms with Crippen LogP contribution in [0.15, 0.2) is 0 Å². The molecule has 106 valence electrons. The molecular weight excluding hydrogens is 248 g/mol. The van der Waals surface area contributed by atoms with Gasteiger partial charge < -0.3 is 10.6 Å². The normalized spacial score (nSPS) is 22.1. The Hall–Kier alpha value is -0.280. The van der Waals surface area contributed by atoms with E-state index in [0.29, 0.717) is 5.41 Å². The van der Waals surface area contributed by atoms with Crippen molar-refractivity contribution < 1.29 is 4.79 Å². The molecule has 0 aromatic rings. The summed E-state index contributed by atoms with van der Waals surface area (Å²) in [5.74, 6) is 1.03. The maximum atomic E-state index is 11.7. The Bertz CT molecular complexity index is 261. The third-order valence-electron chi connectivity index (χ3n) is 4.61. The Labute approximate surface area is 117 Å². The van der Waals surface area contributed by atoms with Crippen LogP contribution in [0.5, 0.6) is 0 Å². The van der Waals surface area contributed by atoms with Crippen LogP contribution < -0.4 is 10.6 Å². The number of carbonyl (C=O) groups excluding carboxylic acids is 1. The minimum Gasteiger partial charge on any atom is -0.356 e. The molecule has 1 saturated heterocycles. The van der Waals surface area contributed by atoms with Gasteiger partial charge in [0.15, 0.2) is 0 Å². The van der Waals surface area contributed by atoms with E-state index in [2.05, 4.69) is 17.6 Å². The van der Waals surface area contributed by atoms with Gasteiger partial charge >= 0.3 is 0 Å². The standard InChI is InChI=1S/C14H26N2O.ClH/c1-2-14(7-8-14)11-16-13(17)4-3-12-5-9-15-10-6-12;/h12,15H,2-11H2,1H3,(H,16,17);1H. The van der Waals surface area contributed by atoms with E-state index < -0.39 is 0 Å². The molecule has 1 heterocycles. The van der Waals surface area contributed by atoms with Gasteiger partial charge in [0.2, 0.25) is 5.91 Å². The number of amides is 1. The van der Waals surface area contributed by atoms with Crippen molar-refractivity contribution in [3.8, 4) is 0 Å². The Balaban J connectivity index is 0.00000162. The van der Waals surface area contributed by atoms with Crippen LogP contribution in [0.1, 0.15) is 51.9 Å². The van der Waals surface area contributed by atoms with Crippen LogP contribution in [0.2, 0.25) is 0 Å². The zero-order valence-electron chi connectivity index (χ0n) is 11.5. The molecule has 0 unspecified atom stereocenters. The SMILES string of the molecule is CCC1(CNC(=O)CCC2CCNCC2)CC1.Cl. The minimum atomic E-state index is 0. The van der Waals surface area contributed by atoms with Crippen molar-refractivity contribution in [2.75, 3.05) is 19.6 Å². The first kappa shape index (κ1) is 15.8. The lowest BCUT2D eigenvalue weighted by atomic mass is 9.93. The molecule has 1 amide bonds. The smallest absolute Gasteiger partial charge is 0.220 e. The molecule has 2 N–H and O–H groups in total. The number of carbonyl (C=O) groups is 1. The molecule has 2 rings (SSSR count). The molecule has 1 saturated carbocycles. The molecule has 18 heavy (non-hydrogen) atoms. The molecule has 0 spiro atoms. The van der Waals surface area contributed by atoms with Gasteiger partial charge in [-0.05, 0) is 62.9 Å². The first-order valence-electron chi connectivity index (χ1n) is 7.21. The van der Waals surface area contributed by atoms with E-state index in [4.69, 9.17) is 0 Å². The van der Waals surface area contributed by atoms with Crippen molar-refractivity contribution in [2.24, 2.45) is 11.3 Å². The number of nitrogens with one attached hydrogen (secondary N) is 2. The third kappa shape index (κ3) is 4.77. The maximum Gasteiger partial charge on any atom is 0.220 e. The second-order valence-corrected chi connectivity index (χ2v) is 5.86. The molecule has 1 aliphatic carbocycles. The van der Waals surface area contributed by atoms with Gasteiger partial charge in [0, 0.05) is 13.0 Å². The van der Waals surface area contributed by atoms with Gasteiger partial charge in [-0.25, -0.2) is 0 Å². The van der Waals surface area contributed by atoms with Gasteiger partial charge in [0.1, 0.15) is 0 Å². The van der Waals surface area contributed by atoms with Gasteiger partial charge in [-0.3, -0.25) is 4.79 Å². The Kier molecular flexibility index (Phi) is 6.44. The van der Waals surface area contributed by atoms with Crippen LogP contribution in [0.4, 0.5) is 0 Å². The van der Waals surface area contributed by atoms with Crippen LogP contribution in [0.25, 0.3) is 0 Å². The molecule has 1 aliphatic heterocycles. The van der Waals surface area contributed by atoms with Gasteiger partial charge in [-0.2, -0.15) is 0 Å². The van der Waals surface area contributed by atoms with Crippen molar-refractivity contribution in [1.29, 1.82) is 0 Å².